The van der Waals surface area contributed by atoms with Gasteiger partial charge in [0.15, 0.2) is 5.65 Å². The number of nitrogens with zero attached hydrogens (tertiary/aromatic N) is 3. The molecule has 11 heavy (non-hydrogen) atoms. The lowest BCUT2D eigenvalue weighted by molar-refractivity contribution is 0.887. The molecule has 0 saturated heterocycles. The standard InChI is InChI=1S/C6H6N4S/c7-6-9-4-2-1-3-5(9)8-10(6)11/h1-4,7,11H. The van der Waals surface area contributed by atoms with Crippen molar-refractivity contribution in [1.29, 1.82) is 5.41 Å². The summed E-state index contributed by atoms with van der Waals surface area (Å²) in [6.45, 7) is 0. The highest BCUT2D eigenvalue weighted by Crippen LogP contribution is 1.94. The third-order valence-electron chi connectivity index (χ3n) is 1.45. The normalized spacial score (nSPS) is 10.6. The summed E-state index contributed by atoms with van der Waals surface area (Å²) < 4.78 is 2.88. The number of nitrogens with one attached hydrogen (secondary N) is 1. The van der Waals surface area contributed by atoms with Gasteiger partial charge in [0, 0.05) is 6.20 Å². The molecule has 4 nitrogen and oxygen atoms in total. The number of hydrogen-bond acceptors (Lipinski definition) is 3. The molecule has 0 aliphatic carbocycles. The second-order valence-electron chi connectivity index (χ2n) is 2.14. The molecule has 0 aliphatic rings. The van der Waals surface area contributed by atoms with Crippen molar-refractivity contribution in [3.05, 3.63) is 30.0 Å². The summed E-state index contributed by atoms with van der Waals surface area (Å²) in [5.74, 6) is 0. The summed E-state index contributed by atoms with van der Waals surface area (Å²) in [6.07, 6.45) is 1.78. The Labute approximate surface area is 68.1 Å². The summed E-state index contributed by atoms with van der Waals surface area (Å²) in [5.41, 5.74) is 0.983. The predicted molar refractivity (Wildman–Crippen MR) is 43.4 cm³/mol. The van der Waals surface area contributed by atoms with Gasteiger partial charge in [-0.25, -0.2) is 0 Å². The quantitative estimate of drug-likeness (QED) is 0.543. The van der Waals surface area contributed by atoms with Crippen LogP contribution >= 0.6 is 12.8 Å². The van der Waals surface area contributed by atoms with Gasteiger partial charge in [-0.15, -0.1) is 5.10 Å². The highest BCUT2D eigenvalue weighted by Gasteiger charge is 1.96. The minimum Gasteiger partial charge on any atom is -0.268 e. The van der Waals surface area contributed by atoms with Gasteiger partial charge in [-0.05, 0) is 24.9 Å². The fourth-order valence-electron chi connectivity index (χ4n) is 0.935. The SMILES string of the molecule is N=c1n(S)nc2ccccn12. The third-order valence-corrected chi connectivity index (χ3v) is 1.73. The van der Waals surface area contributed by atoms with E-state index in [0.29, 0.717) is 0 Å². The van der Waals surface area contributed by atoms with Crippen LogP contribution < -0.4 is 5.62 Å². The molecule has 0 bridgehead atoms. The molecule has 2 rings (SSSR count). The molecular weight excluding hydrogens is 160 g/mol. The Morgan fingerprint density at radius 2 is 2.27 bits per heavy atom. The second kappa shape index (κ2) is 2.13. The van der Waals surface area contributed by atoms with Crippen LogP contribution in [0.1, 0.15) is 0 Å². The molecule has 0 spiro atoms. The maximum Gasteiger partial charge on any atom is 0.235 e. The lowest BCUT2D eigenvalue weighted by Crippen LogP contribution is -2.14. The van der Waals surface area contributed by atoms with E-state index < -0.39 is 0 Å². The molecule has 56 valence electrons. The van der Waals surface area contributed by atoms with Crippen molar-refractivity contribution in [3.8, 4) is 0 Å². The third kappa shape index (κ3) is 0.848. The van der Waals surface area contributed by atoms with Crippen LogP contribution in [-0.2, 0) is 0 Å². The zero-order valence-corrected chi connectivity index (χ0v) is 6.49. The molecule has 2 aromatic heterocycles. The van der Waals surface area contributed by atoms with E-state index in [4.69, 9.17) is 5.41 Å². The Kier molecular flexibility index (Phi) is 1.25. The molecule has 2 heterocycles. The predicted octanol–water partition coefficient (Wildman–Crippen LogP) is 0.308. The number of hydrogen-bond donors (Lipinski definition) is 2. The molecule has 0 aliphatic heterocycles. The highest BCUT2D eigenvalue weighted by molar-refractivity contribution is 7.78. The van der Waals surface area contributed by atoms with Gasteiger partial charge in [-0.2, -0.15) is 4.09 Å². The van der Waals surface area contributed by atoms with Gasteiger partial charge in [0.1, 0.15) is 0 Å². The summed E-state index contributed by atoms with van der Waals surface area (Å²) in [5, 5.41) is 11.4. The summed E-state index contributed by atoms with van der Waals surface area (Å²) in [7, 11) is 0. The van der Waals surface area contributed by atoms with Crippen molar-refractivity contribution in [1.82, 2.24) is 13.6 Å². The number of aromatic nitrogens is 3. The second-order valence-corrected chi connectivity index (χ2v) is 2.52. The van der Waals surface area contributed by atoms with Crippen molar-refractivity contribution in [2.24, 2.45) is 0 Å². The zero-order chi connectivity index (χ0) is 7.84. The molecule has 0 unspecified atom stereocenters. The van der Waals surface area contributed by atoms with E-state index >= 15 is 0 Å². The lowest BCUT2D eigenvalue weighted by Gasteiger charge is -1.85. The molecular formula is C6H6N4S. The van der Waals surface area contributed by atoms with Crippen molar-refractivity contribution < 1.29 is 0 Å². The maximum atomic E-state index is 7.46. The Bertz CT molecular complexity index is 441. The van der Waals surface area contributed by atoms with E-state index in [2.05, 4.69) is 17.9 Å². The highest BCUT2D eigenvalue weighted by atomic mass is 32.1. The Morgan fingerprint density at radius 1 is 1.45 bits per heavy atom. The van der Waals surface area contributed by atoms with Crippen molar-refractivity contribution >= 4 is 18.5 Å². The Balaban J connectivity index is 3.04. The van der Waals surface area contributed by atoms with Gasteiger partial charge in [0.25, 0.3) is 0 Å². The van der Waals surface area contributed by atoms with Crippen LogP contribution in [0.25, 0.3) is 5.65 Å². The average molecular weight is 166 g/mol. The summed E-state index contributed by atoms with van der Waals surface area (Å²) in [6, 6.07) is 5.54. The molecule has 0 aromatic carbocycles. The van der Waals surface area contributed by atoms with Gasteiger partial charge in [0.05, 0.1) is 0 Å². The minimum atomic E-state index is 0.254. The zero-order valence-electron chi connectivity index (χ0n) is 5.60. The molecule has 0 atom stereocenters. The van der Waals surface area contributed by atoms with Gasteiger partial charge in [-0.1, -0.05) is 6.07 Å². The first-order valence-electron chi connectivity index (χ1n) is 3.09. The Morgan fingerprint density at radius 3 is 3.00 bits per heavy atom. The van der Waals surface area contributed by atoms with Crippen molar-refractivity contribution in [2.75, 3.05) is 0 Å². The minimum absolute atomic E-state index is 0.254. The van der Waals surface area contributed by atoms with Gasteiger partial charge < -0.3 is 0 Å². The van der Waals surface area contributed by atoms with E-state index in [-0.39, 0.29) is 5.62 Å². The van der Waals surface area contributed by atoms with E-state index in [0.717, 1.165) is 5.65 Å². The maximum absolute atomic E-state index is 7.46. The first kappa shape index (κ1) is 6.48. The number of pyridine rings is 1. The lowest BCUT2D eigenvalue weighted by atomic mass is 10.5. The van der Waals surface area contributed by atoms with Crippen molar-refractivity contribution in [2.45, 2.75) is 0 Å². The molecule has 0 amide bonds. The van der Waals surface area contributed by atoms with Crippen LogP contribution in [0.15, 0.2) is 24.4 Å². The topological polar surface area (TPSA) is 46.1 Å². The molecule has 0 radical (unpaired) electrons. The van der Waals surface area contributed by atoms with Crippen molar-refractivity contribution in [3.63, 3.8) is 0 Å². The number of fused-ring (bicyclic) bond motifs is 1. The molecule has 1 N–H and O–H groups in total. The Hall–Kier alpha value is -1.23. The first-order chi connectivity index (χ1) is 5.29. The fourth-order valence-corrected chi connectivity index (χ4v) is 1.12. The largest absolute Gasteiger partial charge is 0.268 e. The summed E-state index contributed by atoms with van der Waals surface area (Å²) >= 11 is 3.95. The molecule has 2 aromatic rings. The average Bonchev–Trinajstić information content (AvgIpc) is 2.30. The van der Waals surface area contributed by atoms with E-state index in [1.54, 1.807) is 10.6 Å². The smallest absolute Gasteiger partial charge is 0.235 e. The van der Waals surface area contributed by atoms with Crippen LogP contribution in [0.4, 0.5) is 0 Å². The van der Waals surface area contributed by atoms with E-state index in [1.807, 2.05) is 18.2 Å². The fraction of sp³-hybridized carbons (Fsp3) is 0. The summed E-state index contributed by atoms with van der Waals surface area (Å²) in [4.78, 5) is 0. The van der Waals surface area contributed by atoms with Crippen LogP contribution in [-0.4, -0.2) is 13.6 Å². The molecule has 0 fully saturated rings. The van der Waals surface area contributed by atoms with E-state index in [9.17, 15) is 0 Å². The van der Waals surface area contributed by atoms with Gasteiger partial charge in [-0.3, -0.25) is 9.81 Å². The first-order valence-corrected chi connectivity index (χ1v) is 3.49. The van der Waals surface area contributed by atoms with Gasteiger partial charge >= 0.3 is 0 Å². The molecule has 5 heteroatoms. The van der Waals surface area contributed by atoms with E-state index in [1.165, 1.54) is 4.09 Å². The van der Waals surface area contributed by atoms with Gasteiger partial charge in [0.2, 0.25) is 5.62 Å². The number of rotatable bonds is 0. The van der Waals surface area contributed by atoms with Crippen LogP contribution in [0.5, 0.6) is 0 Å². The number of thiol groups is 1. The van der Waals surface area contributed by atoms with Crippen LogP contribution in [0.3, 0.4) is 0 Å². The molecule has 0 saturated carbocycles. The van der Waals surface area contributed by atoms with Crippen LogP contribution in [0.2, 0.25) is 0 Å². The van der Waals surface area contributed by atoms with Crippen LogP contribution in [0, 0.1) is 5.41 Å². The monoisotopic (exact) mass is 166 g/mol.